The predicted octanol–water partition coefficient (Wildman–Crippen LogP) is 1.79. The van der Waals surface area contributed by atoms with Crippen LogP contribution in [0.1, 0.15) is 25.0 Å². The van der Waals surface area contributed by atoms with E-state index in [4.69, 9.17) is 9.47 Å². The lowest BCUT2D eigenvalue weighted by Gasteiger charge is -2.20. The molecule has 4 heteroatoms. The predicted molar refractivity (Wildman–Crippen MR) is 65.3 cm³/mol. The highest BCUT2D eigenvalue weighted by atomic mass is 16.7. The molecule has 1 aromatic rings. The van der Waals surface area contributed by atoms with E-state index in [9.17, 15) is 5.11 Å². The van der Waals surface area contributed by atoms with Gasteiger partial charge in [-0.3, -0.25) is 0 Å². The van der Waals surface area contributed by atoms with E-state index in [-0.39, 0.29) is 6.79 Å². The molecule has 1 N–H and O–H groups in total. The molecule has 1 aliphatic heterocycles. The summed E-state index contributed by atoms with van der Waals surface area (Å²) in [7, 11) is 2.01. The summed E-state index contributed by atoms with van der Waals surface area (Å²) in [5.41, 5.74) is 0.872. The minimum Gasteiger partial charge on any atom is -0.454 e. The molecule has 0 amide bonds. The van der Waals surface area contributed by atoms with Gasteiger partial charge in [0.15, 0.2) is 11.5 Å². The van der Waals surface area contributed by atoms with E-state index in [1.807, 2.05) is 25.2 Å². The molecule has 0 saturated carbocycles. The Bertz CT molecular complexity index is 381. The van der Waals surface area contributed by atoms with Crippen molar-refractivity contribution in [1.82, 2.24) is 4.90 Å². The molecule has 0 fully saturated rings. The zero-order valence-corrected chi connectivity index (χ0v) is 10.3. The van der Waals surface area contributed by atoms with Gasteiger partial charge in [0.05, 0.1) is 6.10 Å². The van der Waals surface area contributed by atoms with Crippen LogP contribution in [0.2, 0.25) is 0 Å². The van der Waals surface area contributed by atoms with Crippen molar-refractivity contribution in [2.75, 3.05) is 26.9 Å². The molecule has 94 valence electrons. The molecule has 1 unspecified atom stereocenters. The first kappa shape index (κ1) is 12.2. The molecule has 0 spiro atoms. The Hall–Kier alpha value is -1.26. The smallest absolute Gasteiger partial charge is 0.231 e. The summed E-state index contributed by atoms with van der Waals surface area (Å²) in [6.45, 7) is 4.02. The molecule has 1 aliphatic rings. The lowest BCUT2D eigenvalue weighted by Crippen LogP contribution is -2.25. The summed E-state index contributed by atoms with van der Waals surface area (Å²) in [6, 6.07) is 5.59. The van der Waals surface area contributed by atoms with E-state index in [0.717, 1.165) is 30.0 Å². The Labute approximate surface area is 102 Å². The molecule has 1 atom stereocenters. The van der Waals surface area contributed by atoms with Crippen LogP contribution < -0.4 is 9.47 Å². The Kier molecular flexibility index (Phi) is 3.86. The second-order valence-electron chi connectivity index (χ2n) is 4.39. The van der Waals surface area contributed by atoms with E-state index >= 15 is 0 Å². The minimum absolute atomic E-state index is 0.268. The van der Waals surface area contributed by atoms with Crippen molar-refractivity contribution in [1.29, 1.82) is 0 Å². The SMILES string of the molecule is CCCN(C)CC(O)c1ccc2c(c1)OCO2. The number of nitrogens with zero attached hydrogens (tertiary/aromatic N) is 1. The third kappa shape index (κ3) is 2.90. The van der Waals surface area contributed by atoms with Crippen molar-refractivity contribution < 1.29 is 14.6 Å². The topological polar surface area (TPSA) is 41.9 Å². The minimum atomic E-state index is -0.485. The van der Waals surface area contributed by atoms with Crippen molar-refractivity contribution >= 4 is 0 Å². The summed E-state index contributed by atoms with van der Waals surface area (Å²) < 4.78 is 10.5. The highest BCUT2D eigenvalue weighted by Gasteiger charge is 2.17. The van der Waals surface area contributed by atoms with E-state index in [2.05, 4.69) is 11.8 Å². The van der Waals surface area contributed by atoms with Gasteiger partial charge in [-0.15, -0.1) is 0 Å². The van der Waals surface area contributed by atoms with E-state index < -0.39 is 6.10 Å². The summed E-state index contributed by atoms with van der Waals surface area (Å²) in [6.07, 6.45) is 0.603. The number of rotatable bonds is 5. The third-order valence-electron chi connectivity index (χ3n) is 2.87. The average molecular weight is 237 g/mol. The van der Waals surface area contributed by atoms with Gasteiger partial charge in [0.2, 0.25) is 6.79 Å². The quantitative estimate of drug-likeness (QED) is 0.847. The average Bonchev–Trinajstić information content (AvgIpc) is 2.75. The van der Waals surface area contributed by atoms with Crippen molar-refractivity contribution in [2.24, 2.45) is 0 Å². The fourth-order valence-corrected chi connectivity index (χ4v) is 1.99. The molecular weight excluding hydrogens is 218 g/mol. The first-order chi connectivity index (χ1) is 8.20. The summed E-state index contributed by atoms with van der Waals surface area (Å²) >= 11 is 0. The Balaban J connectivity index is 2.01. The van der Waals surface area contributed by atoms with Crippen LogP contribution in [-0.2, 0) is 0 Å². The molecule has 0 aliphatic carbocycles. The zero-order valence-electron chi connectivity index (χ0n) is 10.3. The van der Waals surface area contributed by atoms with Gasteiger partial charge in [0.1, 0.15) is 0 Å². The van der Waals surface area contributed by atoms with Crippen molar-refractivity contribution in [3.05, 3.63) is 23.8 Å². The van der Waals surface area contributed by atoms with Crippen LogP contribution in [0.25, 0.3) is 0 Å². The number of benzene rings is 1. The van der Waals surface area contributed by atoms with Crippen LogP contribution in [0, 0.1) is 0 Å². The van der Waals surface area contributed by atoms with Gasteiger partial charge in [-0.2, -0.15) is 0 Å². The monoisotopic (exact) mass is 237 g/mol. The maximum Gasteiger partial charge on any atom is 0.231 e. The molecule has 0 saturated heterocycles. The van der Waals surface area contributed by atoms with Crippen molar-refractivity contribution in [3.63, 3.8) is 0 Å². The van der Waals surface area contributed by atoms with Gasteiger partial charge >= 0.3 is 0 Å². The van der Waals surface area contributed by atoms with Crippen molar-refractivity contribution in [2.45, 2.75) is 19.4 Å². The van der Waals surface area contributed by atoms with E-state index in [1.165, 1.54) is 0 Å². The molecule has 0 bridgehead atoms. The lowest BCUT2D eigenvalue weighted by atomic mass is 10.1. The van der Waals surface area contributed by atoms with Crippen LogP contribution in [-0.4, -0.2) is 36.9 Å². The van der Waals surface area contributed by atoms with Gasteiger partial charge in [-0.1, -0.05) is 13.0 Å². The standard InChI is InChI=1S/C13H19NO3/c1-3-6-14(2)8-11(15)10-4-5-12-13(7-10)17-9-16-12/h4-5,7,11,15H,3,6,8-9H2,1-2H3. The van der Waals surface area contributed by atoms with Gasteiger partial charge in [0, 0.05) is 6.54 Å². The third-order valence-corrected chi connectivity index (χ3v) is 2.87. The second-order valence-corrected chi connectivity index (χ2v) is 4.39. The molecule has 0 radical (unpaired) electrons. The summed E-state index contributed by atoms with van der Waals surface area (Å²) in [5, 5.41) is 10.1. The number of hydrogen-bond acceptors (Lipinski definition) is 4. The number of likely N-dealkylation sites (N-methyl/N-ethyl adjacent to an activating group) is 1. The number of aliphatic hydroxyl groups excluding tert-OH is 1. The first-order valence-electron chi connectivity index (χ1n) is 5.97. The number of hydrogen-bond donors (Lipinski definition) is 1. The first-order valence-corrected chi connectivity index (χ1v) is 5.97. The van der Waals surface area contributed by atoms with Crippen LogP contribution in [0.5, 0.6) is 11.5 Å². The largest absolute Gasteiger partial charge is 0.454 e. The lowest BCUT2D eigenvalue weighted by molar-refractivity contribution is 0.126. The normalized spacial score (nSPS) is 15.3. The van der Waals surface area contributed by atoms with Crippen molar-refractivity contribution in [3.8, 4) is 11.5 Å². The number of aliphatic hydroxyl groups is 1. The van der Waals surface area contributed by atoms with Crippen LogP contribution in [0.4, 0.5) is 0 Å². The molecule has 1 heterocycles. The maximum absolute atomic E-state index is 10.1. The van der Waals surface area contributed by atoms with E-state index in [0.29, 0.717) is 6.54 Å². The Morgan fingerprint density at radius 1 is 1.35 bits per heavy atom. The van der Waals surface area contributed by atoms with Gasteiger partial charge in [0.25, 0.3) is 0 Å². The summed E-state index contributed by atoms with van der Waals surface area (Å²) in [5.74, 6) is 1.47. The molecular formula is C13H19NO3. The van der Waals surface area contributed by atoms with Gasteiger partial charge < -0.3 is 19.5 Å². The fraction of sp³-hybridized carbons (Fsp3) is 0.538. The second kappa shape index (κ2) is 5.38. The van der Waals surface area contributed by atoms with Crippen LogP contribution >= 0.6 is 0 Å². The van der Waals surface area contributed by atoms with E-state index in [1.54, 1.807) is 0 Å². The fourth-order valence-electron chi connectivity index (χ4n) is 1.99. The van der Waals surface area contributed by atoms with Crippen LogP contribution in [0.15, 0.2) is 18.2 Å². The highest BCUT2D eigenvalue weighted by Crippen LogP contribution is 2.34. The molecule has 2 rings (SSSR count). The van der Waals surface area contributed by atoms with Crippen LogP contribution in [0.3, 0.4) is 0 Å². The zero-order chi connectivity index (χ0) is 12.3. The van der Waals surface area contributed by atoms with Gasteiger partial charge in [-0.25, -0.2) is 0 Å². The maximum atomic E-state index is 10.1. The Morgan fingerprint density at radius 2 is 2.12 bits per heavy atom. The Morgan fingerprint density at radius 3 is 2.88 bits per heavy atom. The number of fused-ring (bicyclic) bond motifs is 1. The molecule has 17 heavy (non-hydrogen) atoms. The molecule has 1 aromatic carbocycles. The molecule has 0 aromatic heterocycles. The van der Waals surface area contributed by atoms with Gasteiger partial charge in [-0.05, 0) is 37.7 Å². The number of ether oxygens (including phenoxy) is 2. The molecule has 4 nitrogen and oxygen atoms in total. The highest BCUT2D eigenvalue weighted by molar-refractivity contribution is 5.45. The summed E-state index contributed by atoms with van der Waals surface area (Å²) in [4.78, 5) is 2.12.